The van der Waals surface area contributed by atoms with Crippen LogP contribution in [0.15, 0.2) is 48.5 Å². The van der Waals surface area contributed by atoms with Crippen molar-refractivity contribution in [3.63, 3.8) is 0 Å². The number of nitrogens with one attached hydrogen (secondary N) is 1. The Morgan fingerprint density at radius 2 is 1.71 bits per heavy atom. The minimum atomic E-state index is -1.29. The second-order valence-corrected chi connectivity index (χ2v) is 9.36. The quantitative estimate of drug-likeness (QED) is 0.641. The third-order valence-electron chi connectivity index (χ3n) is 5.56. The molecule has 0 radical (unpaired) electrons. The number of carboxylic acid groups (broad SMARTS) is 1. The molecule has 166 valence electrons. The van der Waals surface area contributed by atoms with Crippen molar-refractivity contribution in [2.24, 2.45) is 5.41 Å². The van der Waals surface area contributed by atoms with Gasteiger partial charge in [-0.15, -0.1) is 0 Å². The number of hydrogen-bond donors (Lipinski definition) is 3. The van der Waals surface area contributed by atoms with Crippen LogP contribution in [0.25, 0.3) is 11.1 Å². The molecule has 0 heterocycles. The number of aliphatic hydroxyl groups is 1. The average Bonchev–Trinajstić information content (AvgIpc) is 2.64. The second-order valence-electron chi connectivity index (χ2n) is 9.36. The van der Waals surface area contributed by atoms with Gasteiger partial charge in [0.05, 0.1) is 12.0 Å². The Labute approximate surface area is 181 Å². The number of ether oxygens (including phenoxy) is 1. The molecule has 0 unspecified atom stereocenters. The molecule has 1 amide bonds. The van der Waals surface area contributed by atoms with Gasteiger partial charge in [-0.3, -0.25) is 4.79 Å². The van der Waals surface area contributed by atoms with Crippen LogP contribution < -0.4 is 5.32 Å². The predicted molar refractivity (Wildman–Crippen MR) is 114 cm³/mol. The van der Waals surface area contributed by atoms with Crippen molar-refractivity contribution in [2.75, 3.05) is 6.61 Å². The van der Waals surface area contributed by atoms with Gasteiger partial charge in [-0.25, -0.2) is 9.18 Å². The molecule has 6 nitrogen and oxygen atoms in total. The number of aliphatic hydroxyl groups excluding tert-OH is 1. The van der Waals surface area contributed by atoms with E-state index >= 15 is 0 Å². The highest BCUT2D eigenvalue weighted by Gasteiger charge is 2.59. The largest absolute Gasteiger partial charge is 0.481 e. The zero-order valence-electron chi connectivity index (χ0n) is 17.9. The van der Waals surface area contributed by atoms with Gasteiger partial charge in [0.15, 0.2) is 0 Å². The molecule has 31 heavy (non-hydrogen) atoms. The molecule has 3 rings (SSSR count). The second kappa shape index (κ2) is 8.30. The van der Waals surface area contributed by atoms with Gasteiger partial charge in [-0.1, -0.05) is 42.5 Å². The number of halogens is 1. The van der Waals surface area contributed by atoms with Crippen LogP contribution in [0.2, 0.25) is 0 Å². The molecule has 0 atom stereocenters. The SMILES string of the molecule is CC(C)(C)OC(=O)N[C@]1(Cc2ccc(-c3ccccc3F)cc2)C[C@@](CO)(C(=O)O)C1. The molecule has 0 bridgehead atoms. The van der Waals surface area contributed by atoms with Gasteiger partial charge in [-0.2, -0.15) is 0 Å². The summed E-state index contributed by atoms with van der Waals surface area (Å²) in [5.41, 5.74) is -0.778. The van der Waals surface area contributed by atoms with E-state index in [0.29, 0.717) is 12.0 Å². The lowest BCUT2D eigenvalue weighted by Gasteiger charge is -2.53. The number of aliphatic carboxylic acids is 1. The lowest BCUT2D eigenvalue weighted by atomic mass is 9.55. The van der Waals surface area contributed by atoms with E-state index in [2.05, 4.69) is 5.32 Å². The first-order chi connectivity index (χ1) is 14.5. The molecule has 1 saturated carbocycles. The first kappa shape index (κ1) is 22.7. The fraction of sp³-hybridized carbons (Fsp3) is 0.417. The first-order valence-electron chi connectivity index (χ1n) is 10.2. The van der Waals surface area contributed by atoms with E-state index in [-0.39, 0.29) is 18.7 Å². The number of rotatable bonds is 6. The number of benzene rings is 2. The van der Waals surface area contributed by atoms with Gasteiger partial charge in [0.25, 0.3) is 0 Å². The molecule has 3 N–H and O–H groups in total. The molecule has 0 saturated heterocycles. The third kappa shape index (κ3) is 5.05. The molecule has 0 aromatic heterocycles. The lowest BCUT2D eigenvalue weighted by Crippen LogP contribution is -2.67. The number of amides is 1. The summed E-state index contributed by atoms with van der Waals surface area (Å²) < 4.78 is 19.4. The van der Waals surface area contributed by atoms with E-state index in [1.807, 2.05) is 12.1 Å². The van der Waals surface area contributed by atoms with Crippen molar-refractivity contribution in [1.82, 2.24) is 5.32 Å². The van der Waals surface area contributed by atoms with Crippen LogP contribution in [0.4, 0.5) is 9.18 Å². The summed E-state index contributed by atoms with van der Waals surface area (Å²) in [6.45, 7) is 4.73. The Bertz CT molecular complexity index is 959. The predicted octanol–water partition coefficient (Wildman–Crippen LogP) is 4.16. The number of alkyl carbamates (subject to hydrolysis) is 1. The smallest absolute Gasteiger partial charge is 0.408 e. The van der Waals surface area contributed by atoms with Crippen molar-refractivity contribution in [3.8, 4) is 11.1 Å². The number of carbonyl (C=O) groups excluding carboxylic acids is 1. The van der Waals surface area contributed by atoms with Crippen molar-refractivity contribution in [1.29, 1.82) is 0 Å². The molecule has 1 aliphatic carbocycles. The van der Waals surface area contributed by atoms with E-state index in [9.17, 15) is 24.2 Å². The van der Waals surface area contributed by atoms with Crippen LogP contribution in [0, 0.1) is 11.2 Å². The standard InChI is InChI=1S/C24H28FNO5/c1-22(2,3)31-21(30)26-24(13-23(14-24,15-27)20(28)29)12-16-8-10-17(11-9-16)18-6-4-5-7-19(18)25/h4-11,27H,12-15H2,1-3H3,(H,26,30)(H,28,29)/t23-,24-. The zero-order valence-corrected chi connectivity index (χ0v) is 17.9. The Morgan fingerprint density at radius 1 is 1.10 bits per heavy atom. The van der Waals surface area contributed by atoms with Crippen LogP contribution in [0.1, 0.15) is 39.2 Å². The fourth-order valence-corrected chi connectivity index (χ4v) is 4.24. The highest BCUT2D eigenvalue weighted by atomic mass is 19.1. The summed E-state index contributed by atoms with van der Waals surface area (Å²) in [4.78, 5) is 24.1. The summed E-state index contributed by atoms with van der Waals surface area (Å²) >= 11 is 0. The number of carboxylic acids is 1. The lowest BCUT2D eigenvalue weighted by molar-refractivity contribution is -0.166. The zero-order chi connectivity index (χ0) is 22.9. The maximum Gasteiger partial charge on any atom is 0.408 e. The van der Waals surface area contributed by atoms with Gasteiger partial charge < -0.3 is 20.3 Å². The maximum atomic E-state index is 14.0. The summed E-state index contributed by atoms with van der Waals surface area (Å²) in [6.07, 6.45) is -0.105. The molecule has 1 fully saturated rings. The molecular weight excluding hydrogens is 401 g/mol. The van der Waals surface area contributed by atoms with E-state index in [4.69, 9.17) is 4.74 Å². The Morgan fingerprint density at radius 3 is 2.23 bits per heavy atom. The molecular formula is C24H28FNO5. The van der Waals surface area contributed by atoms with E-state index < -0.39 is 35.2 Å². The number of hydrogen-bond acceptors (Lipinski definition) is 4. The van der Waals surface area contributed by atoms with E-state index in [1.165, 1.54) is 6.07 Å². The summed E-state index contributed by atoms with van der Waals surface area (Å²) in [7, 11) is 0. The van der Waals surface area contributed by atoms with Crippen LogP contribution in [-0.2, 0) is 16.0 Å². The maximum absolute atomic E-state index is 14.0. The average molecular weight is 429 g/mol. The van der Waals surface area contributed by atoms with Gasteiger partial charge in [-0.05, 0) is 57.2 Å². The normalized spacial score (nSPS) is 23.0. The Kier molecular flexibility index (Phi) is 6.09. The van der Waals surface area contributed by atoms with Gasteiger partial charge in [0.2, 0.25) is 0 Å². The molecule has 0 aliphatic heterocycles. The number of carbonyl (C=O) groups is 2. The first-order valence-corrected chi connectivity index (χ1v) is 10.2. The van der Waals surface area contributed by atoms with Crippen molar-refractivity contribution >= 4 is 12.1 Å². The topological polar surface area (TPSA) is 95.9 Å². The Hall–Kier alpha value is -2.93. The highest BCUT2D eigenvalue weighted by Crippen LogP contribution is 2.50. The van der Waals surface area contributed by atoms with Gasteiger partial charge in [0, 0.05) is 11.1 Å². The molecule has 2 aromatic rings. The fourth-order valence-electron chi connectivity index (χ4n) is 4.24. The van der Waals surface area contributed by atoms with Gasteiger partial charge in [0.1, 0.15) is 11.4 Å². The van der Waals surface area contributed by atoms with Crippen LogP contribution >= 0.6 is 0 Å². The molecule has 7 heteroatoms. The highest BCUT2D eigenvalue weighted by molar-refractivity contribution is 5.78. The van der Waals surface area contributed by atoms with Crippen molar-refractivity contribution in [3.05, 3.63) is 59.9 Å². The Balaban J connectivity index is 1.81. The van der Waals surface area contributed by atoms with Crippen molar-refractivity contribution < 1.29 is 28.9 Å². The third-order valence-corrected chi connectivity index (χ3v) is 5.56. The summed E-state index contributed by atoms with van der Waals surface area (Å²) in [5, 5.41) is 22.0. The van der Waals surface area contributed by atoms with E-state index in [1.54, 1.807) is 51.1 Å². The van der Waals surface area contributed by atoms with Crippen LogP contribution in [0.5, 0.6) is 0 Å². The minimum Gasteiger partial charge on any atom is -0.481 e. The molecule has 0 spiro atoms. The monoisotopic (exact) mass is 429 g/mol. The van der Waals surface area contributed by atoms with Crippen LogP contribution in [-0.4, -0.2) is 40.0 Å². The van der Waals surface area contributed by atoms with E-state index in [0.717, 1.165) is 11.1 Å². The van der Waals surface area contributed by atoms with Crippen molar-refractivity contribution in [2.45, 2.75) is 51.2 Å². The molecule has 1 aliphatic rings. The summed E-state index contributed by atoms with van der Waals surface area (Å²) in [6, 6.07) is 13.8. The van der Waals surface area contributed by atoms with Crippen LogP contribution in [0.3, 0.4) is 0 Å². The summed E-state index contributed by atoms with van der Waals surface area (Å²) in [5.74, 6) is -1.40. The molecule has 2 aromatic carbocycles. The minimum absolute atomic E-state index is 0.0835. The van der Waals surface area contributed by atoms with Gasteiger partial charge >= 0.3 is 12.1 Å².